The maximum Gasteiger partial charge on any atom is 0.326 e. The zero-order chi connectivity index (χ0) is 22.2. The summed E-state index contributed by atoms with van der Waals surface area (Å²) in [4.78, 5) is 45.6. The predicted octanol–water partition coefficient (Wildman–Crippen LogP) is 1.98. The number of imide groups is 1. The van der Waals surface area contributed by atoms with E-state index in [1.54, 1.807) is 6.92 Å². The Labute approximate surface area is 184 Å². The molecule has 8 nitrogen and oxygen atoms in total. The average molecular weight is 428 g/mol. The molecule has 1 unspecified atom stereocenters. The van der Waals surface area contributed by atoms with Crippen LogP contribution in [-0.2, 0) is 23.2 Å². The van der Waals surface area contributed by atoms with Gasteiger partial charge >= 0.3 is 12.1 Å². The van der Waals surface area contributed by atoms with Crippen molar-refractivity contribution in [3.63, 3.8) is 0 Å². The normalized spacial score (nSPS) is 23.8. The number of carbonyl (C=O) groups is 3. The quantitative estimate of drug-likeness (QED) is 0.729. The SMILES string of the molecule is CCN(CC)C(=O)N1CCN(CN2C(=O)NC(C)(c3ccc4c(c3)CCC4)C2=O)CC1. The Bertz CT molecular complexity index is 876. The van der Waals surface area contributed by atoms with Crippen LogP contribution in [0, 0.1) is 0 Å². The largest absolute Gasteiger partial charge is 0.326 e. The molecule has 0 radical (unpaired) electrons. The summed E-state index contributed by atoms with van der Waals surface area (Å²) in [5.41, 5.74) is 2.45. The first-order valence-electron chi connectivity index (χ1n) is 11.4. The summed E-state index contributed by atoms with van der Waals surface area (Å²) < 4.78 is 0. The third-order valence-corrected chi connectivity index (χ3v) is 6.97. The van der Waals surface area contributed by atoms with Crippen LogP contribution in [0.2, 0.25) is 0 Å². The van der Waals surface area contributed by atoms with Crippen molar-refractivity contribution in [1.82, 2.24) is 24.9 Å². The van der Waals surface area contributed by atoms with Gasteiger partial charge in [-0.15, -0.1) is 0 Å². The number of benzene rings is 1. The molecule has 1 N–H and O–H groups in total. The van der Waals surface area contributed by atoms with Gasteiger partial charge in [-0.1, -0.05) is 18.2 Å². The van der Waals surface area contributed by atoms with Crippen molar-refractivity contribution in [3.8, 4) is 0 Å². The Morgan fingerprint density at radius 1 is 1.06 bits per heavy atom. The summed E-state index contributed by atoms with van der Waals surface area (Å²) in [6, 6.07) is 5.86. The molecule has 1 atom stereocenters. The van der Waals surface area contributed by atoms with Gasteiger partial charge in [-0.25, -0.2) is 14.5 Å². The molecule has 8 heteroatoms. The molecule has 0 saturated carbocycles. The molecule has 4 rings (SSSR count). The summed E-state index contributed by atoms with van der Waals surface area (Å²) in [5.74, 6) is -0.211. The highest BCUT2D eigenvalue weighted by Gasteiger charge is 2.49. The van der Waals surface area contributed by atoms with Crippen LogP contribution in [0.5, 0.6) is 0 Å². The Morgan fingerprint density at radius 3 is 2.42 bits per heavy atom. The summed E-state index contributed by atoms with van der Waals surface area (Å²) in [6.07, 6.45) is 3.26. The van der Waals surface area contributed by atoms with Crippen LogP contribution in [0.4, 0.5) is 9.59 Å². The van der Waals surface area contributed by atoms with E-state index in [1.165, 1.54) is 16.0 Å². The second-order valence-corrected chi connectivity index (χ2v) is 8.83. The van der Waals surface area contributed by atoms with Gasteiger partial charge in [0.05, 0.1) is 6.67 Å². The van der Waals surface area contributed by atoms with Gasteiger partial charge in [0.2, 0.25) is 0 Å². The number of urea groups is 2. The standard InChI is InChI=1S/C23H33N5O3/c1-4-26(5-2)22(31)27-13-11-25(12-14-27)16-28-20(29)23(3,24-21(28)30)19-10-9-17-7-6-8-18(17)15-19/h9-10,15H,4-8,11-14,16H2,1-3H3,(H,24,30). The fraction of sp³-hybridized carbons (Fsp3) is 0.609. The van der Waals surface area contributed by atoms with Crippen LogP contribution < -0.4 is 5.32 Å². The minimum absolute atomic E-state index is 0.0591. The number of rotatable bonds is 5. The van der Waals surface area contributed by atoms with Crippen LogP contribution in [0.15, 0.2) is 18.2 Å². The number of hydrogen-bond acceptors (Lipinski definition) is 4. The maximum absolute atomic E-state index is 13.3. The molecule has 0 spiro atoms. The molecular formula is C23H33N5O3. The first-order valence-corrected chi connectivity index (χ1v) is 11.4. The molecule has 31 heavy (non-hydrogen) atoms. The Morgan fingerprint density at radius 2 is 1.74 bits per heavy atom. The second-order valence-electron chi connectivity index (χ2n) is 8.83. The van der Waals surface area contributed by atoms with Crippen LogP contribution in [0.1, 0.15) is 43.9 Å². The Balaban J connectivity index is 1.40. The van der Waals surface area contributed by atoms with E-state index in [2.05, 4.69) is 22.3 Å². The highest BCUT2D eigenvalue weighted by Crippen LogP contribution is 2.32. The third-order valence-electron chi connectivity index (χ3n) is 6.97. The number of hydrogen-bond donors (Lipinski definition) is 1. The molecule has 2 fully saturated rings. The Kier molecular flexibility index (Phi) is 5.92. The van der Waals surface area contributed by atoms with Crippen molar-refractivity contribution in [2.24, 2.45) is 0 Å². The molecule has 3 aliphatic rings. The maximum atomic E-state index is 13.3. The lowest BCUT2D eigenvalue weighted by Gasteiger charge is -2.38. The van der Waals surface area contributed by atoms with E-state index >= 15 is 0 Å². The predicted molar refractivity (Wildman–Crippen MR) is 118 cm³/mol. The van der Waals surface area contributed by atoms with Gasteiger partial charge in [-0.2, -0.15) is 0 Å². The van der Waals surface area contributed by atoms with Gasteiger partial charge in [0, 0.05) is 39.3 Å². The van der Waals surface area contributed by atoms with Crippen LogP contribution in [0.25, 0.3) is 0 Å². The van der Waals surface area contributed by atoms with Gasteiger partial charge in [-0.05, 0) is 56.7 Å². The van der Waals surface area contributed by atoms with Crippen LogP contribution in [-0.4, -0.2) is 83.5 Å². The van der Waals surface area contributed by atoms with Crippen LogP contribution in [0.3, 0.4) is 0 Å². The number of nitrogens with one attached hydrogen (secondary N) is 1. The van der Waals surface area contributed by atoms with Crippen LogP contribution >= 0.6 is 0 Å². The minimum atomic E-state index is -1.03. The number of nitrogens with zero attached hydrogens (tertiary/aromatic N) is 4. The van der Waals surface area contributed by atoms with E-state index < -0.39 is 5.54 Å². The molecule has 2 heterocycles. The number of amides is 5. The zero-order valence-electron chi connectivity index (χ0n) is 18.8. The van der Waals surface area contributed by atoms with E-state index in [-0.39, 0.29) is 24.6 Å². The lowest BCUT2D eigenvalue weighted by molar-refractivity contribution is -0.132. The first-order chi connectivity index (χ1) is 14.9. The summed E-state index contributed by atoms with van der Waals surface area (Å²) >= 11 is 0. The van der Waals surface area contributed by atoms with E-state index in [4.69, 9.17) is 0 Å². The van der Waals surface area contributed by atoms with Crippen molar-refractivity contribution < 1.29 is 14.4 Å². The smallest absolute Gasteiger partial charge is 0.325 e. The first kappa shape index (κ1) is 21.6. The Hall–Kier alpha value is -2.61. The summed E-state index contributed by atoms with van der Waals surface area (Å²) in [5, 5.41) is 2.92. The van der Waals surface area contributed by atoms with Gasteiger partial charge < -0.3 is 15.1 Å². The van der Waals surface area contributed by atoms with Crippen molar-refractivity contribution >= 4 is 18.0 Å². The highest BCUT2D eigenvalue weighted by atomic mass is 16.2. The summed E-state index contributed by atoms with van der Waals surface area (Å²) in [7, 11) is 0. The topological polar surface area (TPSA) is 76.2 Å². The van der Waals surface area contributed by atoms with Crippen molar-refractivity contribution in [3.05, 3.63) is 34.9 Å². The number of piperazine rings is 1. The molecule has 168 valence electrons. The van der Waals surface area contributed by atoms with Gasteiger partial charge in [-0.3, -0.25) is 9.69 Å². The third kappa shape index (κ3) is 3.89. The number of fused-ring (bicyclic) bond motifs is 1. The highest BCUT2D eigenvalue weighted by molar-refractivity contribution is 6.07. The molecule has 1 aromatic rings. The molecule has 5 amide bonds. The van der Waals surface area contributed by atoms with E-state index in [0.717, 1.165) is 24.8 Å². The lowest BCUT2D eigenvalue weighted by atomic mass is 9.90. The molecule has 2 aliphatic heterocycles. The second kappa shape index (κ2) is 8.49. The molecule has 1 aliphatic carbocycles. The molecule has 0 bridgehead atoms. The molecule has 2 saturated heterocycles. The van der Waals surface area contributed by atoms with E-state index in [0.29, 0.717) is 39.3 Å². The number of carbonyl (C=O) groups excluding carboxylic acids is 3. The fourth-order valence-corrected chi connectivity index (χ4v) is 4.88. The monoisotopic (exact) mass is 427 g/mol. The van der Waals surface area contributed by atoms with Crippen molar-refractivity contribution in [2.75, 3.05) is 45.9 Å². The van der Waals surface area contributed by atoms with Gasteiger partial charge in [0.15, 0.2) is 0 Å². The van der Waals surface area contributed by atoms with Gasteiger partial charge in [0.1, 0.15) is 5.54 Å². The molecule has 1 aromatic carbocycles. The molecular weight excluding hydrogens is 394 g/mol. The average Bonchev–Trinajstić information content (AvgIpc) is 3.33. The van der Waals surface area contributed by atoms with E-state index in [1.807, 2.05) is 29.7 Å². The fourth-order valence-electron chi connectivity index (χ4n) is 4.88. The van der Waals surface area contributed by atoms with Gasteiger partial charge in [0.25, 0.3) is 5.91 Å². The minimum Gasteiger partial charge on any atom is -0.325 e. The van der Waals surface area contributed by atoms with E-state index in [9.17, 15) is 14.4 Å². The zero-order valence-corrected chi connectivity index (χ0v) is 18.8. The van der Waals surface area contributed by atoms with Crippen molar-refractivity contribution in [1.29, 1.82) is 0 Å². The number of aryl methyl sites for hydroxylation is 2. The van der Waals surface area contributed by atoms with Crippen molar-refractivity contribution in [2.45, 2.75) is 45.6 Å². The summed E-state index contributed by atoms with van der Waals surface area (Å²) in [6.45, 7) is 9.86. The molecule has 0 aromatic heterocycles. The lowest BCUT2D eigenvalue weighted by Crippen LogP contribution is -2.55.